The molecule has 3 aromatic carbocycles. The molecular formula is C25H26N4O2. The first-order valence-electron chi connectivity index (χ1n) is 10.5. The summed E-state index contributed by atoms with van der Waals surface area (Å²) in [6.07, 6.45) is 2.23. The number of amides is 3. The fourth-order valence-electron chi connectivity index (χ4n) is 3.83. The molecule has 0 aromatic heterocycles. The van der Waals surface area contributed by atoms with Gasteiger partial charge in [0.1, 0.15) is 6.04 Å². The van der Waals surface area contributed by atoms with Gasteiger partial charge >= 0.3 is 6.03 Å². The smallest absolute Gasteiger partial charge is 0.323 e. The quantitative estimate of drug-likeness (QED) is 0.525. The standard InChI is InChI=1S/C25H26N4O2/c30-24(23(29-17-7-8-18-29)19-9-3-1-4-10-19)26-21-13-15-22(16-14-21)28-25(31)27-20-11-5-2-6-12-20/h1-6,9-16,23H,7-8,17-18H2,(H,26,30)(H2,27,28,31). The normalized spacial score (nSPS) is 14.6. The van der Waals surface area contributed by atoms with E-state index in [1.165, 1.54) is 0 Å². The van der Waals surface area contributed by atoms with Crippen molar-refractivity contribution in [3.05, 3.63) is 90.5 Å². The molecular weight excluding hydrogens is 388 g/mol. The van der Waals surface area contributed by atoms with Crippen LogP contribution in [-0.2, 0) is 4.79 Å². The number of likely N-dealkylation sites (tertiary alicyclic amines) is 1. The minimum absolute atomic E-state index is 0.0457. The molecule has 1 aliphatic heterocycles. The molecule has 4 rings (SSSR count). The van der Waals surface area contributed by atoms with Crippen molar-refractivity contribution in [2.24, 2.45) is 0 Å². The second kappa shape index (κ2) is 9.91. The van der Waals surface area contributed by atoms with Crippen LogP contribution in [0.5, 0.6) is 0 Å². The number of rotatable bonds is 6. The van der Waals surface area contributed by atoms with E-state index in [-0.39, 0.29) is 18.0 Å². The van der Waals surface area contributed by atoms with Gasteiger partial charge in [0.05, 0.1) is 0 Å². The molecule has 1 atom stereocenters. The Bertz CT molecular complexity index is 1000. The number of carbonyl (C=O) groups excluding carboxylic acids is 2. The second-order valence-corrected chi connectivity index (χ2v) is 7.57. The molecule has 0 radical (unpaired) electrons. The van der Waals surface area contributed by atoms with Crippen molar-refractivity contribution in [2.45, 2.75) is 18.9 Å². The summed E-state index contributed by atoms with van der Waals surface area (Å²) >= 11 is 0. The van der Waals surface area contributed by atoms with E-state index in [1.807, 2.05) is 60.7 Å². The molecule has 3 aromatic rings. The molecule has 3 amide bonds. The van der Waals surface area contributed by atoms with E-state index in [0.717, 1.165) is 37.2 Å². The Kier molecular flexibility index (Phi) is 6.59. The number of carbonyl (C=O) groups is 2. The third-order valence-electron chi connectivity index (χ3n) is 5.31. The molecule has 0 aliphatic carbocycles. The van der Waals surface area contributed by atoms with Crippen molar-refractivity contribution in [3.8, 4) is 0 Å². The first-order chi connectivity index (χ1) is 15.2. The van der Waals surface area contributed by atoms with Gasteiger partial charge < -0.3 is 16.0 Å². The zero-order valence-electron chi connectivity index (χ0n) is 17.3. The van der Waals surface area contributed by atoms with Gasteiger partial charge in [0, 0.05) is 17.1 Å². The Hall–Kier alpha value is -3.64. The molecule has 158 valence electrons. The molecule has 1 fully saturated rings. The Balaban J connectivity index is 1.39. The SMILES string of the molecule is O=C(Nc1ccccc1)Nc1ccc(NC(=O)C(c2ccccc2)N2CCCC2)cc1. The zero-order valence-corrected chi connectivity index (χ0v) is 17.3. The Morgan fingerprint density at radius 2 is 1.13 bits per heavy atom. The molecule has 6 nitrogen and oxygen atoms in total. The average molecular weight is 415 g/mol. The molecule has 31 heavy (non-hydrogen) atoms. The van der Waals surface area contributed by atoms with Crippen molar-refractivity contribution >= 4 is 29.0 Å². The summed E-state index contributed by atoms with van der Waals surface area (Å²) < 4.78 is 0. The van der Waals surface area contributed by atoms with Gasteiger partial charge in [-0.1, -0.05) is 48.5 Å². The maximum atomic E-state index is 13.1. The van der Waals surface area contributed by atoms with Gasteiger partial charge in [-0.25, -0.2) is 4.79 Å². The maximum absolute atomic E-state index is 13.1. The average Bonchev–Trinajstić information content (AvgIpc) is 3.31. The van der Waals surface area contributed by atoms with E-state index < -0.39 is 0 Å². The summed E-state index contributed by atoms with van der Waals surface area (Å²) in [5, 5.41) is 8.60. The molecule has 0 saturated carbocycles. The van der Waals surface area contributed by atoms with Crippen LogP contribution in [0.15, 0.2) is 84.9 Å². The lowest BCUT2D eigenvalue weighted by atomic mass is 10.0. The van der Waals surface area contributed by atoms with Gasteiger partial charge in [-0.05, 0) is 67.9 Å². The van der Waals surface area contributed by atoms with Gasteiger partial charge in [0.15, 0.2) is 0 Å². The Labute approximate surface area is 182 Å². The van der Waals surface area contributed by atoms with Crippen LogP contribution in [-0.4, -0.2) is 29.9 Å². The first-order valence-corrected chi connectivity index (χ1v) is 10.5. The van der Waals surface area contributed by atoms with Crippen molar-refractivity contribution < 1.29 is 9.59 Å². The number of anilines is 3. The van der Waals surface area contributed by atoms with E-state index in [2.05, 4.69) is 20.9 Å². The van der Waals surface area contributed by atoms with Crippen LogP contribution in [0.25, 0.3) is 0 Å². The van der Waals surface area contributed by atoms with Crippen LogP contribution < -0.4 is 16.0 Å². The number of hydrogen-bond acceptors (Lipinski definition) is 3. The molecule has 3 N–H and O–H groups in total. The lowest BCUT2D eigenvalue weighted by Crippen LogP contribution is -2.35. The molecule has 6 heteroatoms. The van der Waals surface area contributed by atoms with Gasteiger partial charge in [-0.3, -0.25) is 9.69 Å². The zero-order chi connectivity index (χ0) is 21.5. The highest BCUT2D eigenvalue weighted by molar-refractivity contribution is 6.00. The molecule has 1 heterocycles. The molecule has 1 aliphatic rings. The highest BCUT2D eigenvalue weighted by atomic mass is 16.2. The number of nitrogens with one attached hydrogen (secondary N) is 3. The van der Waals surface area contributed by atoms with Crippen LogP contribution in [0, 0.1) is 0 Å². The Morgan fingerprint density at radius 1 is 0.645 bits per heavy atom. The van der Waals surface area contributed by atoms with E-state index in [0.29, 0.717) is 11.4 Å². The highest BCUT2D eigenvalue weighted by Crippen LogP contribution is 2.27. The van der Waals surface area contributed by atoms with Gasteiger partial charge in [0.25, 0.3) is 0 Å². The predicted molar refractivity (Wildman–Crippen MR) is 124 cm³/mol. The summed E-state index contributed by atoms with van der Waals surface area (Å²) in [4.78, 5) is 27.5. The lowest BCUT2D eigenvalue weighted by Gasteiger charge is -2.27. The largest absolute Gasteiger partial charge is 0.324 e. The van der Waals surface area contributed by atoms with Crippen molar-refractivity contribution in [2.75, 3.05) is 29.0 Å². The van der Waals surface area contributed by atoms with E-state index in [4.69, 9.17) is 0 Å². The minimum Gasteiger partial charge on any atom is -0.324 e. The summed E-state index contributed by atoms with van der Waals surface area (Å²) in [6, 6.07) is 25.6. The second-order valence-electron chi connectivity index (χ2n) is 7.57. The van der Waals surface area contributed by atoms with Gasteiger partial charge in [-0.15, -0.1) is 0 Å². The van der Waals surface area contributed by atoms with Crippen LogP contribution in [0.3, 0.4) is 0 Å². The Morgan fingerprint density at radius 3 is 1.71 bits per heavy atom. The fraction of sp³-hybridized carbons (Fsp3) is 0.200. The number of para-hydroxylation sites is 1. The molecule has 0 bridgehead atoms. The van der Waals surface area contributed by atoms with Crippen molar-refractivity contribution in [1.82, 2.24) is 4.90 Å². The number of nitrogens with zero attached hydrogens (tertiary/aromatic N) is 1. The van der Waals surface area contributed by atoms with Gasteiger partial charge in [-0.2, -0.15) is 0 Å². The number of hydrogen-bond donors (Lipinski definition) is 3. The summed E-state index contributed by atoms with van der Waals surface area (Å²) in [5.74, 6) is -0.0457. The van der Waals surface area contributed by atoms with Crippen LogP contribution in [0.4, 0.5) is 21.9 Å². The summed E-state index contributed by atoms with van der Waals surface area (Å²) in [7, 11) is 0. The highest BCUT2D eigenvalue weighted by Gasteiger charge is 2.29. The summed E-state index contributed by atoms with van der Waals surface area (Å²) in [6.45, 7) is 1.85. The van der Waals surface area contributed by atoms with E-state index in [1.54, 1.807) is 24.3 Å². The number of urea groups is 1. The predicted octanol–water partition coefficient (Wildman–Crippen LogP) is 5.11. The third-order valence-corrected chi connectivity index (χ3v) is 5.31. The van der Waals surface area contributed by atoms with Crippen LogP contribution in [0.2, 0.25) is 0 Å². The van der Waals surface area contributed by atoms with E-state index >= 15 is 0 Å². The monoisotopic (exact) mass is 414 g/mol. The van der Waals surface area contributed by atoms with E-state index in [9.17, 15) is 9.59 Å². The topological polar surface area (TPSA) is 73.5 Å². The molecule has 1 saturated heterocycles. The number of benzene rings is 3. The lowest BCUT2D eigenvalue weighted by molar-refractivity contribution is -0.121. The minimum atomic E-state index is -0.318. The summed E-state index contributed by atoms with van der Waals surface area (Å²) in [5.41, 5.74) is 3.06. The van der Waals surface area contributed by atoms with Crippen LogP contribution in [0.1, 0.15) is 24.4 Å². The third kappa shape index (κ3) is 5.49. The van der Waals surface area contributed by atoms with Crippen molar-refractivity contribution in [3.63, 3.8) is 0 Å². The fourth-order valence-corrected chi connectivity index (χ4v) is 3.83. The molecule has 0 spiro atoms. The van der Waals surface area contributed by atoms with Gasteiger partial charge in [0.2, 0.25) is 5.91 Å². The molecule has 1 unspecified atom stereocenters. The van der Waals surface area contributed by atoms with Crippen LogP contribution >= 0.6 is 0 Å². The van der Waals surface area contributed by atoms with Crippen molar-refractivity contribution in [1.29, 1.82) is 0 Å². The maximum Gasteiger partial charge on any atom is 0.323 e. The first kappa shape index (κ1) is 20.6.